The van der Waals surface area contributed by atoms with Gasteiger partial charge in [0.2, 0.25) is 0 Å². The second kappa shape index (κ2) is 10.6. The Balaban J connectivity index is 0.00000341. The third-order valence-corrected chi connectivity index (χ3v) is 5.20. The number of nitrogens with one attached hydrogen (secondary N) is 1. The van der Waals surface area contributed by atoms with Crippen molar-refractivity contribution in [1.29, 1.82) is 0 Å². The minimum absolute atomic E-state index is 0. The smallest absolute Gasteiger partial charge is 0.746 e. The number of phosphoric acid groups is 1. The quantitative estimate of drug-likeness (QED) is 0.147. The number of rotatable bonds is 7. The molecule has 13 nitrogen and oxygen atoms in total. The zero-order valence-corrected chi connectivity index (χ0v) is 19.4. The van der Waals surface area contributed by atoms with E-state index in [2.05, 4.69) is 15.0 Å². The van der Waals surface area contributed by atoms with E-state index in [0.29, 0.717) is 0 Å². The molecule has 1 saturated heterocycles. The number of phosphoric ester groups is 1. The van der Waals surface area contributed by atoms with Crippen LogP contribution in [0.1, 0.15) is 11.8 Å². The van der Waals surface area contributed by atoms with Crippen LogP contribution >= 0.6 is 7.82 Å². The molecule has 1 aliphatic rings. The normalized spacial score (nSPS) is 24.5. The summed E-state index contributed by atoms with van der Waals surface area (Å²) in [7, 11) is -4.81. The molecule has 5 atom stereocenters. The van der Waals surface area contributed by atoms with Crippen LogP contribution in [0.2, 0.25) is 0 Å². The number of H-pyrrole nitrogens is 1. The number of aliphatic hydroxyl groups is 1. The molecule has 2 N–H and O–H groups in total. The molecule has 3 rings (SSSR count). The molecular weight excluding hydrogens is 444 g/mol. The standard InChI is InChI=1S/C16H18N5O8P.Na/c1-9-7-21(16(24)18-14(9)23)15-13(22)12(19-20-17)11(28-15)8-27-30(25,26)29-10-5-3-2-4-6-10;/h2-7,11-13,15,22H,8H2,1H3,(H,25,26)(H,18,23,24);/q;+1/p-1/t11-,12?,13+,15-;/m1./s1. The molecular formula is C16H17N5NaO8P. The van der Waals surface area contributed by atoms with Gasteiger partial charge in [-0.15, -0.1) is 0 Å². The van der Waals surface area contributed by atoms with E-state index >= 15 is 0 Å². The molecule has 1 fully saturated rings. The Kier molecular flexibility index (Phi) is 8.66. The molecule has 1 aliphatic heterocycles. The van der Waals surface area contributed by atoms with Crippen LogP contribution in [0.25, 0.3) is 10.4 Å². The van der Waals surface area contributed by atoms with E-state index in [1.54, 1.807) is 18.2 Å². The summed E-state index contributed by atoms with van der Waals surface area (Å²) in [5.41, 5.74) is 7.47. The Labute approximate surface area is 197 Å². The van der Waals surface area contributed by atoms with Crippen molar-refractivity contribution in [1.82, 2.24) is 9.55 Å². The van der Waals surface area contributed by atoms with Crippen LogP contribution in [-0.4, -0.2) is 39.5 Å². The van der Waals surface area contributed by atoms with Crippen LogP contribution in [-0.2, 0) is 13.8 Å². The fourth-order valence-electron chi connectivity index (χ4n) is 2.88. The van der Waals surface area contributed by atoms with Crippen molar-refractivity contribution in [2.45, 2.75) is 31.4 Å². The van der Waals surface area contributed by atoms with Crippen molar-refractivity contribution >= 4 is 7.82 Å². The summed E-state index contributed by atoms with van der Waals surface area (Å²) in [6, 6.07) is 6.36. The number of ether oxygens (including phenoxy) is 1. The maximum absolute atomic E-state index is 12.1. The fourth-order valence-corrected chi connectivity index (χ4v) is 3.64. The topological polar surface area (TPSA) is 192 Å². The summed E-state index contributed by atoms with van der Waals surface area (Å²) in [4.78, 5) is 40.4. The molecule has 2 heterocycles. The predicted molar refractivity (Wildman–Crippen MR) is 99.5 cm³/mol. The van der Waals surface area contributed by atoms with Crippen LogP contribution in [0, 0.1) is 6.92 Å². The number of hydrogen-bond donors (Lipinski definition) is 2. The van der Waals surface area contributed by atoms with E-state index < -0.39 is 50.2 Å². The number of aromatic amines is 1. The van der Waals surface area contributed by atoms with Gasteiger partial charge in [-0.1, -0.05) is 23.3 Å². The third-order valence-electron chi connectivity index (χ3n) is 4.30. The van der Waals surface area contributed by atoms with Gasteiger partial charge in [-0.3, -0.25) is 18.9 Å². The maximum atomic E-state index is 12.1. The van der Waals surface area contributed by atoms with E-state index in [-0.39, 0.29) is 40.9 Å². The van der Waals surface area contributed by atoms with E-state index in [1.807, 2.05) is 0 Å². The van der Waals surface area contributed by atoms with E-state index in [9.17, 15) is 24.2 Å². The molecule has 0 aliphatic carbocycles. The van der Waals surface area contributed by atoms with Crippen LogP contribution < -0.4 is 50.2 Å². The molecule has 0 saturated carbocycles. The molecule has 1 aromatic heterocycles. The van der Waals surface area contributed by atoms with Gasteiger partial charge in [0.15, 0.2) is 6.23 Å². The summed E-state index contributed by atoms with van der Waals surface area (Å²) in [5.74, 6) is 0.0305. The first-order chi connectivity index (χ1) is 14.2. The average molecular weight is 461 g/mol. The first-order valence-corrected chi connectivity index (χ1v) is 10.1. The van der Waals surface area contributed by atoms with Crippen LogP contribution in [0.3, 0.4) is 0 Å². The first kappa shape index (κ1) is 25.3. The minimum atomic E-state index is -4.81. The molecule has 0 bridgehead atoms. The second-order valence-electron chi connectivity index (χ2n) is 6.38. The van der Waals surface area contributed by atoms with Gasteiger partial charge in [-0.2, -0.15) is 0 Å². The van der Waals surface area contributed by atoms with Crippen molar-refractivity contribution in [2.75, 3.05) is 6.61 Å². The summed E-state index contributed by atoms with van der Waals surface area (Å²) >= 11 is 0. The van der Waals surface area contributed by atoms with Crippen LogP contribution in [0.5, 0.6) is 5.75 Å². The van der Waals surface area contributed by atoms with Gasteiger partial charge in [0, 0.05) is 16.7 Å². The van der Waals surface area contributed by atoms with E-state index in [4.69, 9.17) is 19.3 Å². The summed E-state index contributed by atoms with van der Waals surface area (Å²) in [6.45, 7) is 0.790. The van der Waals surface area contributed by atoms with Crippen LogP contribution in [0.4, 0.5) is 0 Å². The zero-order chi connectivity index (χ0) is 21.9. The fraction of sp³-hybridized carbons (Fsp3) is 0.375. The average Bonchev–Trinajstić information content (AvgIpc) is 3.00. The van der Waals surface area contributed by atoms with E-state index in [0.717, 1.165) is 4.57 Å². The van der Waals surface area contributed by atoms with E-state index in [1.165, 1.54) is 25.3 Å². The largest absolute Gasteiger partial charge is 1.00 e. The van der Waals surface area contributed by atoms with Crippen molar-refractivity contribution in [3.05, 3.63) is 73.4 Å². The maximum Gasteiger partial charge on any atom is 1.00 e. The van der Waals surface area contributed by atoms with Gasteiger partial charge in [0.05, 0.1) is 18.8 Å². The van der Waals surface area contributed by atoms with Crippen LogP contribution in [0.15, 0.2) is 51.2 Å². The Morgan fingerprint density at radius 2 is 2.06 bits per heavy atom. The van der Waals surface area contributed by atoms with Gasteiger partial charge in [-0.25, -0.2) is 4.79 Å². The van der Waals surface area contributed by atoms with Crippen molar-refractivity contribution in [3.8, 4) is 5.75 Å². The monoisotopic (exact) mass is 461 g/mol. The minimum Gasteiger partial charge on any atom is -0.746 e. The van der Waals surface area contributed by atoms with Gasteiger partial charge in [0.1, 0.15) is 11.9 Å². The van der Waals surface area contributed by atoms with Crippen molar-refractivity contribution < 1.29 is 57.9 Å². The number of aromatic nitrogens is 2. The number of benzene rings is 1. The number of azide groups is 1. The van der Waals surface area contributed by atoms with Crippen molar-refractivity contribution in [2.24, 2.45) is 5.11 Å². The number of para-hydroxylation sites is 1. The molecule has 2 unspecified atom stereocenters. The summed E-state index contributed by atoms with van der Waals surface area (Å²) in [5, 5.41) is 13.9. The third kappa shape index (κ3) is 6.07. The Morgan fingerprint density at radius 3 is 2.71 bits per heavy atom. The summed E-state index contributed by atoms with van der Waals surface area (Å²) in [6.07, 6.45) is -2.92. The Bertz CT molecular complexity index is 1120. The second-order valence-corrected chi connectivity index (χ2v) is 7.71. The van der Waals surface area contributed by atoms with Gasteiger partial charge in [-0.05, 0) is 24.6 Å². The molecule has 2 aromatic rings. The van der Waals surface area contributed by atoms with Gasteiger partial charge >= 0.3 is 43.1 Å². The Hall–Kier alpha value is -1.92. The number of hydrogen-bond acceptors (Lipinski definition) is 9. The molecule has 15 heteroatoms. The molecule has 0 radical (unpaired) electrons. The zero-order valence-electron chi connectivity index (χ0n) is 16.5. The summed E-state index contributed by atoms with van der Waals surface area (Å²) < 4.78 is 28.1. The number of aliphatic hydroxyl groups excluding tert-OH is 1. The van der Waals surface area contributed by atoms with Crippen molar-refractivity contribution in [3.63, 3.8) is 0 Å². The molecule has 0 amide bonds. The predicted octanol–water partition coefficient (Wildman–Crippen LogP) is -2.65. The molecule has 160 valence electrons. The SMILES string of the molecule is Cc1cn([C@@H]2O[C@H](COP(=O)([O-])Oc3ccccc3)C(N=[N+]=[N-])[C@@H]2O)c(=O)[nH]c1=O.[Na+]. The van der Waals surface area contributed by atoms with Gasteiger partial charge < -0.3 is 23.8 Å². The first-order valence-electron chi connectivity index (χ1n) is 8.62. The van der Waals surface area contributed by atoms with Gasteiger partial charge in [0.25, 0.3) is 5.56 Å². The number of aryl methyl sites for hydroxylation is 1. The molecule has 31 heavy (non-hydrogen) atoms. The molecule has 1 aromatic carbocycles. The Morgan fingerprint density at radius 1 is 1.39 bits per heavy atom. The molecule has 0 spiro atoms. The number of nitrogens with zero attached hydrogens (tertiary/aromatic N) is 4.